The van der Waals surface area contributed by atoms with E-state index in [-0.39, 0.29) is 0 Å². The van der Waals surface area contributed by atoms with Crippen molar-refractivity contribution >= 4 is 11.4 Å². The fourth-order valence-electron chi connectivity index (χ4n) is 1.89. The highest BCUT2D eigenvalue weighted by Gasteiger charge is 2.01. The van der Waals surface area contributed by atoms with Crippen molar-refractivity contribution in [3.63, 3.8) is 0 Å². The van der Waals surface area contributed by atoms with Gasteiger partial charge >= 0.3 is 0 Å². The first-order chi connectivity index (χ1) is 8.49. The van der Waals surface area contributed by atoms with E-state index < -0.39 is 0 Å². The first-order valence-corrected chi connectivity index (χ1v) is 6.80. The first kappa shape index (κ1) is 14.8. The van der Waals surface area contributed by atoms with Crippen LogP contribution in [0, 0.1) is 6.92 Å². The van der Waals surface area contributed by atoms with Crippen LogP contribution < -0.4 is 11.1 Å². The lowest BCUT2D eigenvalue weighted by atomic mass is 10.2. The molecule has 0 fully saturated rings. The van der Waals surface area contributed by atoms with Crippen molar-refractivity contribution in [2.75, 3.05) is 31.2 Å². The number of benzene rings is 1. The Hall–Kier alpha value is -1.22. The monoisotopic (exact) mass is 249 g/mol. The van der Waals surface area contributed by atoms with E-state index in [2.05, 4.69) is 44.1 Å². The van der Waals surface area contributed by atoms with Gasteiger partial charge in [0.15, 0.2) is 0 Å². The number of hydrogen-bond acceptors (Lipinski definition) is 3. The molecule has 3 N–H and O–H groups in total. The summed E-state index contributed by atoms with van der Waals surface area (Å²) in [6.45, 7) is 8.70. The summed E-state index contributed by atoms with van der Waals surface area (Å²) in [4.78, 5) is 2.38. The van der Waals surface area contributed by atoms with E-state index >= 15 is 0 Å². The minimum atomic E-state index is 0.634. The molecule has 0 aromatic heterocycles. The molecule has 0 saturated heterocycles. The fraction of sp³-hybridized carbons (Fsp3) is 0.600. The van der Waals surface area contributed by atoms with Crippen LogP contribution in [0.25, 0.3) is 0 Å². The molecule has 1 aromatic rings. The molecule has 1 rings (SSSR count). The second-order valence-corrected chi connectivity index (χ2v) is 5.34. The molecule has 3 heteroatoms. The highest BCUT2D eigenvalue weighted by atomic mass is 15.1. The van der Waals surface area contributed by atoms with Gasteiger partial charge in [0.05, 0.1) is 0 Å². The van der Waals surface area contributed by atoms with Gasteiger partial charge in [0, 0.05) is 24.0 Å². The normalized spacial score (nSPS) is 11.2. The molecule has 0 heterocycles. The highest BCUT2D eigenvalue weighted by molar-refractivity contribution is 5.56. The van der Waals surface area contributed by atoms with Gasteiger partial charge in [0.2, 0.25) is 0 Å². The number of hydrogen-bond donors (Lipinski definition) is 2. The number of nitrogen functional groups attached to an aromatic ring is 1. The maximum Gasteiger partial charge on any atom is 0.0363 e. The number of aryl methyl sites for hydroxylation is 1. The third-order valence-corrected chi connectivity index (χ3v) is 3.25. The van der Waals surface area contributed by atoms with E-state index in [1.165, 1.54) is 18.4 Å². The molecule has 0 saturated carbocycles. The topological polar surface area (TPSA) is 41.3 Å². The molecule has 0 aliphatic rings. The Balaban J connectivity index is 2.22. The van der Waals surface area contributed by atoms with Gasteiger partial charge in [0.25, 0.3) is 0 Å². The maximum absolute atomic E-state index is 5.82. The van der Waals surface area contributed by atoms with Crippen molar-refractivity contribution in [3.05, 3.63) is 23.8 Å². The summed E-state index contributed by atoms with van der Waals surface area (Å²) < 4.78 is 0. The summed E-state index contributed by atoms with van der Waals surface area (Å²) >= 11 is 0. The smallest absolute Gasteiger partial charge is 0.0363 e. The van der Waals surface area contributed by atoms with E-state index in [0.29, 0.717) is 6.04 Å². The maximum atomic E-state index is 5.82. The number of anilines is 2. The summed E-state index contributed by atoms with van der Waals surface area (Å²) in [5, 5.41) is 3.43. The summed E-state index contributed by atoms with van der Waals surface area (Å²) in [5.41, 5.74) is 8.98. The van der Waals surface area contributed by atoms with Crippen molar-refractivity contribution in [3.8, 4) is 0 Å². The molecule has 18 heavy (non-hydrogen) atoms. The molecule has 0 radical (unpaired) electrons. The molecule has 0 bridgehead atoms. The average molecular weight is 249 g/mol. The minimum Gasteiger partial charge on any atom is -0.399 e. The van der Waals surface area contributed by atoms with Crippen LogP contribution in [0.5, 0.6) is 0 Å². The van der Waals surface area contributed by atoms with Crippen LogP contribution in [0.1, 0.15) is 32.3 Å². The van der Waals surface area contributed by atoms with Crippen LogP contribution in [0.2, 0.25) is 0 Å². The van der Waals surface area contributed by atoms with Crippen molar-refractivity contribution in [1.29, 1.82) is 0 Å². The Morgan fingerprint density at radius 3 is 2.56 bits per heavy atom. The Kier molecular flexibility index (Phi) is 5.99. The van der Waals surface area contributed by atoms with Crippen LogP contribution >= 0.6 is 0 Å². The largest absolute Gasteiger partial charge is 0.399 e. The van der Waals surface area contributed by atoms with Crippen LogP contribution in [0.15, 0.2) is 18.2 Å². The first-order valence-electron chi connectivity index (χ1n) is 6.80. The minimum absolute atomic E-state index is 0.634. The molecule has 0 aliphatic heterocycles. The second-order valence-electron chi connectivity index (χ2n) is 5.34. The zero-order valence-electron chi connectivity index (χ0n) is 12.2. The summed E-state index contributed by atoms with van der Waals surface area (Å²) in [6, 6.07) is 6.75. The predicted octanol–water partition coefficient (Wildman–Crippen LogP) is 3.11. The van der Waals surface area contributed by atoms with Gasteiger partial charge in [0.1, 0.15) is 0 Å². The van der Waals surface area contributed by atoms with Gasteiger partial charge in [-0.2, -0.15) is 0 Å². The summed E-state index contributed by atoms with van der Waals surface area (Å²) in [5.74, 6) is 0. The van der Waals surface area contributed by atoms with Crippen molar-refractivity contribution in [2.45, 2.75) is 39.7 Å². The van der Waals surface area contributed by atoms with E-state index in [0.717, 1.165) is 24.5 Å². The van der Waals surface area contributed by atoms with Crippen LogP contribution in [-0.2, 0) is 0 Å². The molecule has 0 amide bonds. The Morgan fingerprint density at radius 1 is 1.22 bits per heavy atom. The zero-order valence-corrected chi connectivity index (χ0v) is 12.2. The molecule has 3 nitrogen and oxygen atoms in total. The van der Waals surface area contributed by atoms with Crippen LogP contribution in [0.3, 0.4) is 0 Å². The standard InChI is InChI=1S/C15H27N3/c1-12(2)18(4)8-6-5-7-17-15-10-13(3)9-14(16)11-15/h9-12,17H,5-8,16H2,1-4H3. The van der Waals surface area contributed by atoms with Gasteiger partial charge in [-0.1, -0.05) is 0 Å². The van der Waals surface area contributed by atoms with E-state index in [1.54, 1.807) is 0 Å². The van der Waals surface area contributed by atoms with Crippen molar-refractivity contribution in [2.24, 2.45) is 0 Å². The number of rotatable bonds is 7. The van der Waals surface area contributed by atoms with E-state index in [1.807, 2.05) is 12.1 Å². The molecule has 0 unspecified atom stereocenters. The lowest BCUT2D eigenvalue weighted by Gasteiger charge is -2.20. The fourth-order valence-corrected chi connectivity index (χ4v) is 1.89. The van der Waals surface area contributed by atoms with Gasteiger partial charge in [-0.15, -0.1) is 0 Å². The number of unbranched alkanes of at least 4 members (excludes halogenated alkanes) is 1. The van der Waals surface area contributed by atoms with Gasteiger partial charge < -0.3 is 16.0 Å². The summed E-state index contributed by atoms with van der Waals surface area (Å²) in [7, 11) is 2.18. The van der Waals surface area contributed by atoms with Gasteiger partial charge in [-0.05, 0) is 71.0 Å². The SMILES string of the molecule is Cc1cc(N)cc(NCCCCN(C)C(C)C)c1. The third-order valence-electron chi connectivity index (χ3n) is 3.25. The second kappa shape index (κ2) is 7.27. The molecule has 0 atom stereocenters. The lowest BCUT2D eigenvalue weighted by Crippen LogP contribution is -2.27. The van der Waals surface area contributed by atoms with Crippen molar-refractivity contribution < 1.29 is 0 Å². The Bertz CT molecular complexity index is 341. The average Bonchev–Trinajstić information content (AvgIpc) is 2.26. The van der Waals surface area contributed by atoms with Gasteiger partial charge in [-0.25, -0.2) is 0 Å². The third kappa shape index (κ3) is 5.41. The lowest BCUT2D eigenvalue weighted by molar-refractivity contribution is 0.269. The van der Waals surface area contributed by atoms with E-state index in [9.17, 15) is 0 Å². The Labute approximate surface area is 111 Å². The molecular weight excluding hydrogens is 222 g/mol. The zero-order chi connectivity index (χ0) is 13.5. The summed E-state index contributed by atoms with van der Waals surface area (Å²) in [6.07, 6.45) is 2.41. The number of nitrogens with two attached hydrogens (primary N) is 1. The predicted molar refractivity (Wildman–Crippen MR) is 81.1 cm³/mol. The van der Waals surface area contributed by atoms with E-state index in [4.69, 9.17) is 5.73 Å². The van der Waals surface area contributed by atoms with Crippen molar-refractivity contribution in [1.82, 2.24) is 4.90 Å². The Morgan fingerprint density at radius 2 is 1.94 bits per heavy atom. The highest BCUT2D eigenvalue weighted by Crippen LogP contribution is 2.15. The molecule has 1 aromatic carbocycles. The van der Waals surface area contributed by atoms with Crippen LogP contribution in [0.4, 0.5) is 11.4 Å². The quantitative estimate of drug-likeness (QED) is 0.576. The number of nitrogens with one attached hydrogen (secondary N) is 1. The molecule has 0 aliphatic carbocycles. The number of nitrogens with zero attached hydrogens (tertiary/aromatic N) is 1. The molecule has 0 spiro atoms. The molecule has 102 valence electrons. The molecular formula is C15H27N3. The van der Waals surface area contributed by atoms with Crippen LogP contribution in [-0.4, -0.2) is 31.1 Å². The van der Waals surface area contributed by atoms with Gasteiger partial charge in [-0.3, -0.25) is 0 Å².